The fourth-order valence-electron chi connectivity index (χ4n) is 0.494. The number of halogens is 1. The maximum Gasteiger partial charge on any atom is 0.130 e. The van der Waals surface area contributed by atoms with Crippen molar-refractivity contribution in [2.75, 3.05) is 0 Å². The Morgan fingerprint density at radius 3 is 2.33 bits per heavy atom. The van der Waals surface area contributed by atoms with Crippen LogP contribution in [0.5, 0.6) is 0 Å². The van der Waals surface area contributed by atoms with Crippen LogP contribution in [0.4, 0.5) is 0 Å². The lowest BCUT2D eigenvalue weighted by atomic mass is 9.94. The van der Waals surface area contributed by atoms with Gasteiger partial charge < -0.3 is 0 Å². The number of nitriles is 1. The highest BCUT2D eigenvalue weighted by molar-refractivity contribution is 6.25. The quantitative estimate of drug-likeness (QED) is 0.548. The van der Waals surface area contributed by atoms with E-state index in [1.54, 1.807) is 6.92 Å². The summed E-state index contributed by atoms with van der Waals surface area (Å²) >= 11 is 5.81. The molecule has 2 heteroatoms. The summed E-state index contributed by atoms with van der Waals surface area (Å²) < 4.78 is 0. The molecule has 9 heavy (non-hydrogen) atoms. The molecule has 0 heterocycles. The van der Waals surface area contributed by atoms with Crippen LogP contribution < -0.4 is 0 Å². The highest BCUT2D eigenvalue weighted by Crippen LogP contribution is 2.25. The van der Waals surface area contributed by atoms with Crippen LogP contribution in [0.15, 0.2) is 0 Å². The molecule has 0 aliphatic heterocycles. The number of rotatable bonds is 2. The molecule has 1 nitrogen and oxygen atoms in total. The summed E-state index contributed by atoms with van der Waals surface area (Å²) in [5, 5.41) is 8.51. The molecule has 0 spiro atoms. The number of hydrogen-bond acceptors (Lipinski definition) is 1. The van der Waals surface area contributed by atoms with Gasteiger partial charge in [-0.1, -0.05) is 20.3 Å². The molecule has 52 valence electrons. The van der Waals surface area contributed by atoms with E-state index in [0.717, 1.165) is 6.42 Å². The lowest BCUT2D eigenvalue weighted by Crippen LogP contribution is -2.22. The van der Waals surface area contributed by atoms with Gasteiger partial charge in [0.1, 0.15) is 4.87 Å². The van der Waals surface area contributed by atoms with E-state index < -0.39 is 4.87 Å². The van der Waals surface area contributed by atoms with Crippen LogP contribution >= 0.6 is 11.6 Å². The Morgan fingerprint density at radius 1 is 1.78 bits per heavy atom. The van der Waals surface area contributed by atoms with Crippen molar-refractivity contribution in [1.29, 1.82) is 5.26 Å². The smallest absolute Gasteiger partial charge is 0.130 e. The number of alkyl halides is 1. The molecule has 0 rings (SSSR count). The second kappa shape index (κ2) is 3.08. The van der Waals surface area contributed by atoms with Crippen molar-refractivity contribution in [3.8, 4) is 6.07 Å². The summed E-state index contributed by atoms with van der Waals surface area (Å²) in [6, 6.07) is 2.06. The van der Waals surface area contributed by atoms with Crippen molar-refractivity contribution < 1.29 is 0 Å². The first-order valence-corrected chi connectivity index (χ1v) is 3.52. The zero-order valence-corrected chi connectivity index (χ0v) is 6.87. The van der Waals surface area contributed by atoms with Crippen molar-refractivity contribution >= 4 is 11.6 Å². The fourth-order valence-corrected chi connectivity index (χ4v) is 0.648. The van der Waals surface area contributed by atoms with Gasteiger partial charge in [-0.2, -0.15) is 5.26 Å². The molecular formula is C7H12ClN. The molecule has 0 saturated carbocycles. The molecule has 0 radical (unpaired) electrons. The minimum absolute atomic E-state index is 0.268. The van der Waals surface area contributed by atoms with Gasteiger partial charge in [-0.05, 0) is 12.8 Å². The SMILES string of the molecule is CCC(C)C(C)(Cl)C#N. The van der Waals surface area contributed by atoms with Gasteiger partial charge >= 0.3 is 0 Å². The molecule has 0 aliphatic rings. The molecule has 0 aromatic heterocycles. The van der Waals surface area contributed by atoms with Crippen LogP contribution in [0.2, 0.25) is 0 Å². The average Bonchev–Trinajstić information content (AvgIpc) is 1.86. The zero-order chi connectivity index (χ0) is 7.49. The Morgan fingerprint density at radius 2 is 2.22 bits per heavy atom. The van der Waals surface area contributed by atoms with Crippen LogP contribution in [0.25, 0.3) is 0 Å². The minimum Gasteiger partial charge on any atom is -0.196 e. The van der Waals surface area contributed by atoms with E-state index in [1.807, 2.05) is 13.8 Å². The maximum atomic E-state index is 8.51. The van der Waals surface area contributed by atoms with Gasteiger partial charge in [0, 0.05) is 0 Å². The van der Waals surface area contributed by atoms with Crippen molar-refractivity contribution in [2.24, 2.45) is 5.92 Å². The summed E-state index contributed by atoms with van der Waals surface area (Å²) in [5.41, 5.74) is 0. The Bertz CT molecular complexity index is 123. The Balaban J connectivity index is 4.01. The molecule has 2 unspecified atom stereocenters. The molecule has 0 aliphatic carbocycles. The normalized spacial score (nSPS) is 19.9. The van der Waals surface area contributed by atoms with Crippen molar-refractivity contribution in [3.05, 3.63) is 0 Å². The summed E-state index contributed by atoms with van der Waals surface area (Å²) in [4.78, 5) is -0.672. The van der Waals surface area contributed by atoms with E-state index in [4.69, 9.17) is 16.9 Å². The summed E-state index contributed by atoms with van der Waals surface area (Å²) in [6.45, 7) is 5.77. The van der Waals surface area contributed by atoms with E-state index in [2.05, 4.69) is 6.07 Å². The number of nitrogens with zero attached hydrogens (tertiary/aromatic N) is 1. The molecule has 0 N–H and O–H groups in total. The second-order valence-electron chi connectivity index (χ2n) is 2.50. The summed E-state index contributed by atoms with van der Waals surface area (Å²) in [7, 11) is 0. The van der Waals surface area contributed by atoms with Crippen LogP contribution in [0.1, 0.15) is 27.2 Å². The second-order valence-corrected chi connectivity index (χ2v) is 3.28. The molecular weight excluding hydrogens is 134 g/mol. The topological polar surface area (TPSA) is 23.8 Å². The van der Waals surface area contributed by atoms with Gasteiger partial charge in [0.2, 0.25) is 0 Å². The van der Waals surface area contributed by atoms with E-state index in [-0.39, 0.29) is 5.92 Å². The lowest BCUT2D eigenvalue weighted by Gasteiger charge is -2.19. The van der Waals surface area contributed by atoms with Crippen LogP contribution in [-0.4, -0.2) is 4.87 Å². The van der Waals surface area contributed by atoms with Gasteiger partial charge in [0.05, 0.1) is 6.07 Å². The Labute approximate surface area is 61.6 Å². The molecule has 0 aromatic carbocycles. The average molecular weight is 146 g/mol. The van der Waals surface area contributed by atoms with Crippen molar-refractivity contribution in [2.45, 2.75) is 32.1 Å². The maximum absolute atomic E-state index is 8.51. The summed E-state index contributed by atoms with van der Waals surface area (Å²) in [6.07, 6.45) is 0.952. The van der Waals surface area contributed by atoms with E-state index in [1.165, 1.54) is 0 Å². The van der Waals surface area contributed by atoms with Crippen LogP contribution in [-0.2, 0) is 0 Å². The third-order valence-electron chi connectivity index (χ3n) is 1.76. The van der Waals surface area contributed by atoms with Gasteiger partial charge in [0.25, 0.3) is 0 Å². The van der Waals surface area contributed by atoms with Gasteiger partial charge in [-0.25, -0.2) is 0 Å². The molecule has 0 amide bonds. The third-order valence-corrected chi connectivity index (χ3v) is 2.21. The van der Waals surface area contributed by atoms with E-state index in [9.17, 15) is 0 Å². The van der Waals surface area contributed by atoms with Crippen molar-refractivity contribution in [3.63, 3.8) is 0 Å². The standard InChI is InChI=1S/C7H12ClN/c1-4-6(2)7(3,8)5-9/h6H,4H2,1-3H3. The fraction of sp³-hybridized carbons (Fsp3) is 0.857. The monoisotopic (exact) mass is 145 g/mol. The first-order chi connectivity index (χ1) is 4.04. The first kappa shape index (κ1) is 8.78. The van der Waals surface area contributed by atoms with Crippen molar-refractivity contribution in [1.82, 2.24) is 0 Å². The highest BCUT2D eigenvalue weighted by Gasteiger charge is 2.26. The third kappa shape index (κ3) is 2.24. The molecule has 0 saturated heterocycles. The van der Waals surface area contributed by atoms with Gasteiger partial charge in [-0.15, -0.1) is 11.6 Å². The van der Waals surface area contributed by atoms with Gasteiger partial charge in [-0.3, -0.25) is 0 Å². The van der Waals surface area contributed by atoms with E-state index in [0.29, 0.717) is 0 Å². The molecule has 2 atom stereocenters. The van der Waals surface area contributed by atoms with Gasteiger partial charge in [0.15, 0.2) is 0 Å². The highest BCUT2D eigenvalue weighted by atomic mass is 35.5. The van der Waals surface area contributed by atoms with Crippen LogP contribution in [0, 0.1) is 17.2 Å². The number of hydrogen-bond donors (Lipinski definition) is 0. The zero-order valence-electron chi connectivity index (χ0n) is 6.11. The Kier molecular flexibility index (Phi) is 3.00. The minimum atomic E-state index is -0.672. The predicted octanol–water partition coefficient (Wildman–Crippen LogP) is 2.55. The summed E-state index contributed by atoms with van der Waals surface area (Å²) in [5.74, 6) is 0.268. The Hall–Kier alpha value is -0.220. The lowest BCUT2D eigenvalue weighted by molar-refractivity contribution is 0.483. The largest absolute Gasteiger partial charge is 0.196 e. The van der Waals surface area contributed by atoms with E-state index >= 15 is 0 Å². The molecule has 0 aromatic rings. The predicted molar refractivity (Wildman–Crippen MR) is 39.3 cm³/mol. The first-order valence-electron chi connectivity index (χ1n) is 3.14. The molecule has 0 bridgehead atoms. The molecule has 0 fully saturated rings. The van der Waals surface area contributed by atoms with Crippen LogP contribution in [0.3, 0.4) is 0 Å².